The van der Waals surface area contributed by atoms with E-state index in [4.69, 9.17) is 35.4 Å². The lowest BCUT2D eigenvalue weighted by molar-refractivity contribution is 0.0978. The molecule has 0 saturated heterocycles. The zero-order valence-electron chi connectivity index (χ0n) is 14.4. The fourth-order valence-corrected chi connectivity index (χ4v) is 4.06. The Bertz CT molecular complexity index is 962. The Balaban J connectivity index is 2.02. The summed E-state index contributed by atoms with van der Waals surface area (Å²) in [7, 11) is -3.57. The largest absolute Gasteiger partial charge is 0.332 e. The van der Waals surface area contributed by atoms with Crippen molar-refractivity contribution in [3.05, 3.63) is 58.1 Å². The lowest BCUT2D eigenvalue weighted by Gasteiger charge is -2.12. The third kappa shape index (κ3) is 6.15. The maximum Gasteiger partial charge on any atom is 0.258 e. The van der Waals surface area contributed by atoms with Gasteiger partial charge in [-0.15, -0.1) is 0 Å². The van der Waals surface area contributed by atoms with E-state index in [2.05, 4.69) is 15.4 Å². The van der Waals surface area contributed by atoms with Gasteiger partial charge in [0, 0.05) is 16.8 Å². The van der Waals surface area contributed by atoms with Crippen LogP contribution in [0.3, 0.4) is 0 Å². The molecule has 0 spiro atoms. The van der Waals surface area contributed by atoms with Crippen LogP contribution < -0.4 is 15.4 Å². The summed E-state index contributed by atoms with van der Waals surface area (Å²) in [6.45, 7) is 3.48. The highest BCUT2D eigenvalue weighted by Gasteiger charge is 2.15. The minimum atomic E-state index is -3.57. The molecule has 27 heavy (non-hydrogen) atoms. The molecule has 0 fully saturated rings. The summed E-state index contributed by atoms with van der Waals surface area (Å²) in [6.07, 6.45) is 0. The molecule has 2 rings (SSSR count). The van der Waals surface area contributed by atoms with E-state index in [1.165, 1.54) is 24.3 Å². The average molecular weight is 446 g/mol. The lowest BCUT2D eigenvalue weighted by Crippen LogP contribution is -2.34. The molecule has 0 unspecified atom stereocenters. The topological polar surface area (TPSA) is 87.3 Å². The summed E-state index contributed by atoms with van der Waals surface area (Å²) in [5, 5.41) is 5.97. The van der Waals surface area contributed by atoms with Crippen molar-refractivity contribution in [2.24, 2.45) is 0 Å². The zero-order chi connectivity index (χ0) is 20.2. The number of thiocarbonyl (C=S) groups is 1. The van der Waals surface area contributed by atoms with Gasteiger partial charge in [-0.3, -0.25) is 10.1 Å². The summed E-state index contributed by atoms with van der Waals surface area (Å²) in [4.78, 5) is 12.3. The van der Waals surface area contributed by atoms with Gasteiger partial charge in [0.05, 0.1) is 15.5 Å². The first-order valence-corrected chi connectivity index (χ1v) is 10.4. The van der Waals surface area contributed by atoms with Crippen molar-refractivity contribution in [1.29, 1.82) is 0 Å². The molecule has 0 heterocycles. The molecule has 0 aliphatic heterocycles. The van der Waals surface area contributed by atoms with Gasteiger partial charge in [0.2, 0.25) is 10.0 Å². The Morgan fingerprint density at radius 1 is 1.07 bits per heavy atom. The molecular formula is C17H17Cl2N3O3S2. The fourth-order valence-electron chi connectivity index (χ4n) is 2.10. The second-order valence-corrected chi connectivity index (χ2v) is 8.80. The normalized spacial score (nSPS) is 11.3. The van der Waals surface area contributed by atoms with Gasteiger partial charge in [-0.25, -0.2) is 13.1 Å². The van der Waals surface area contributed by atoms with Crippen molar-refractivity contribution < 1.29 is 13.2 Å². The molecule has 0 saturated carbocycles. The van der Waals surface area contributed by atoms with Crippen molar-refractivity contribution >= 4 is 62.2 Å². The average Bonchev–Trinajstić information content (AvgIpc) is 2.53. The van der Waals surface area contributed by atoms with Crippen molar-refractivity contribution in [2.45, 2.75) is 24.8 Å². The van der Waals surface area contributed by atoms with E-state index in [0.717, 1.165) is 0 Å². The number of hydrogen-bond donors (Lipinski definition) is 3. The van der Waals surface area contributed by atoms with Gasteiger partial charge < -0.3 is 5.32 Å². The zero-order valence-corrected chi connectivity index (χ0v) is 17.6. The Labute approximate surface area is 173 Å². The van der Waals surface area contributed by atoms with E-state index in [-0.39, 0.29) is 26.6 Å². The number of carbonyl (C=O) groups is 1. The predicted molar refractivity (Wildman–Crippen MR) is 112 cm³/mol. The van der Waals surface area contributed by atoms with Crippen molar-refractivity contribution in [1.82, 2.24) is 10.0 Å². The van der Waals surface area contributed by atoms with E-state index >= 15 is 0 Å². The number of rotatable bonds is 5. The molecule has 0 bridgehead atoms. The van der Waals surface area contributed by atoms with Crippen LogP contribution in [0.15, 0.2) is 47.4 Å². The first kappa shape index (κ1) is 21.6. The van der Waals surface area contributed by atoms with Crippen molar-refractivity contribution in [3.63, 3.8) is 0 Å². The van der Waals surface area contributed by atoms with Gasteiger partial charge >= 0.3 is 0 Å². The van der Waals surface area contributed by atoms with Gasteiger partial charge in [0.1, 0.15) is 0 Å². The van der Waals surface area contributed by atoms with E-state index < -0.39 is 15.9 Å². The van der Waals surface area contributed by atoms with E-state index in [1.54, 1.807) is 32.0 Å². The molecule has 2 aromatic carbocycles. The minimum Gasteiger partial charge on any atom is -0.332 e. The maximum atomic E-state index is 12.2. The molecule has 10 heteroatoms. The number of amides is 1. The SMILES string of the molecule is CC(C)NS(=O)(=O)c1ccc(NC(=S)NC(=O)c2ccc(Cl)cc2Cl)cc1. The molecule has 2 aromatic rings. The van der Waals surface area contributed by atoms with Crippen LogP contribution in [0.5, 0.6) is 0 Å². The van der Waals surface area contributed by atoms with E-state index in [9.17, 15) is 13.2 Å². The highest BCUT2D eigenvalue weighted by Crippen LogP contribution is 2.21. The fraction of sp³-hybridized carbons (Fsp3) is 0.176. The molecule has 0 atom stereocenters. The molecule has 0 aliphatic carbocycles. The Kier molecular flexibility index (Phi) is 7.19. The number of sulfonamides is 1. The van der Waals surface area contributed by atoms with Gasteiger partial charge in [-0.1, -0.05) is 23.2 Å². The second kappa shape index (κ2) is 8.99. The molecule has 0 aromatic heterocycles. The van der Waals surface area contributed by atoms with Crippen molar-refractivity contribution in [2.75, 3.05) is 5.32 Å². The number of anilines is 1. The number of hydrogen-bond acceptors (Lipinski definition) is 4. The first-order chi connectivity index (χ1) is 12.6. The molecule has 0 radical (unpaired) electrons. The molecule has 144 valence electrons. The number of carbonyl (C=O) groups excluding carboxylic acids is 1. The lowest BCUT2D eigenvalue weighted by atomic mass is 10.2. The predicted octanol–water partition coefficient (Wildman–Crippen LogP) is 3.81. The van der Waals surface area contributed by atoms with Gasteiger partial charge in [-0.2, -0.15) is 0 Å². The number of halogens is 2. The summed E-state index contributed by atoms with van der Waals surface area (Å²) in [6, 6.07) is 10.2. The Hall–Kier alpha value is -1.71. The summed E-state index contributed by atoms with van der Waals surface area (Å²) < 4.78 is 26.7. The third-order valence-corrected chi connectivity index (χ3v) is 5.64. The van der Waals surface area contributed by atoms with E-state index in [1.807, 2.05) is 0 Å². The van der Waals surface area contributed by atoms with Crippen LogP contribution in [0, 0.1) is 0 Å². The quantitative estimate of drug-likeness (QED) is 0.609. The third-order valence-electron chi connectivity index (χ3n) is 3.22. The highest BCUT2D eigenvalue weighted by molar-refractivity contribution is 7.89. The van der Waals surface area contributed by atoms with Crippen molar-refractivity contribution in [3.8, 4) is 0 Å². The van der Waals surface area contributed by atoms with Gasteiger partial charge in [0.25, 0.3) is 5.91 Å². The molecule has 6 nitrogen and oxygen atoms in total. The van der Waals surface area contributed by atoms with Crippen LogP contribution in [0.25, 0.3) is 0 Å². The summed E-state index contributed by atoms with van der Waals surface area (Å²) >= 11 is 16.9. The van der Waals surface area contributed by atoms with Crippen LogP contribution in [0.2, 0.25) is 10.0 Å². The summed E-state index contributed by atoms with van der Waals surface area (Å²) in [5.74, 6) is -0.491. The van der Waals surface area contributed by atoms with Crippen LogP contribution >= 0.6 is 35.4 Å². The highest BCUT2D eigenvalue weighted by atomic mass is 35.5. The van der Waals surface area contributed by atoms with Crippen LogP contribution in [0.1, 0.15) is 24.2 Å². The number of nitrogens with one attached hydrogen (secondary N) is 3. The molecule has 0 aliphatic rings. The maximum absolute atomic E-state index is 12.2. The smallest absolute Gasteiger partial charge is 0.258 e. The Morgan fingerprint density at radius 3 is 2.26 bits per heavy atom. The Morgan fingerprint density at radius 2 is 1.70 bits per heavy atom. The molecular weight excluding hydrogens is 429 g/mol. The molecule has 3 N–H and O–H groups in total. The standard InChI is InChI=1S/C17H17Cl2N3O3S2/c1-10(2)22-27(24,25)13-6-4-12(5-7-13)20-17(26)21-16(23)14-8-3-11(18)9-15(14)19/h3-10,22H,1-2H3,(H2,20,21,23,26). The second-order valence-electron chi connectivity index (χ2n) is 5.83. The van der Waals surface area contributed by atoms with E-state index in [0.29, 0.717) is 10.7 Å². The minimum absolute atomic E-state index is 0.0435. The summed E-state index contributed by atoms with van der Waals surface area (Å²) in [5.41, 5.74) is 0.748. The molecule has 1 amide bonds. The van der Waals surface area contributed by atoms with Gasteiger partial charge in [-0.05, 0) is 68.5 Å². The van der Waals surface area contributed by atoms with Crippen LogP contribution in [-0.2, 0) is 10.0 Å². The monoisotopic (exact) mass is 445 g/mol. The van der Waals surface area contributed by atoms with Crippen LogP contribution in [-0.4, -0.2) is 25.5 Å². The van der Waals surface area contributed by atoms with Crippen LogP contribution in [0.4, 0.5) is 5.69 Å². The van der Waals surface area contributed by atoms with Gasteiger partial charge in [0.15, 0.2) is 5.11 Å². The first-order valence-electron chi connectivity index (χ1n) is 7.78. The number of benzene rings is 2.